The summed E-state index contributed by atoms with van der Waals surface area (Å²) < 4.78 is 0. The number of piperidine rings is 1. The van der Waals surface area contributed by atoms with Crippen LogP contribution in [0.5, 0.6) is 0 Å². The van der Waals surface area contributed by atoms with Crippen molar-refractivity contribution in [2.75, 3.05) is 18.0 Å². The minimum Gasteiger partial charge on any atom is -0.369 e. The number of rotatable bonds is 2. The first kappa shape index (κ1) is 13.1. The molecule has 6 heteroatoms. The zero-order valence-electron chi connectivity index (χ0n) is 10.2. The number of benzene rings is 1. The molecule has 0 radical (unpaired) electrons. The Morgan fingerprint density at radius 1 is 1.56 bits per heavy atom. The Morgan fingerprint density at radius 2 is 2.28 bits per heavy atom. The highest BCUT2D eigenvalue weighted by molar-refractivity contribution is 6.33. The van der Waals surface area contributed by atoms with Crippen LogP contribution in [-0.2, 0) is 0 Å². The van der Waals surface area contributed by atoms with Gasteiger partial charge in [0.2, 0.25) is 0 Å². The van der Waals surface area contributed by atoms with Crippen LogP contribution in [-0.4, -0.2) is 24.1 Å². The maximum atomic E-state index is 10.6. The number of nitro benzene ring substituents is 1. The van der Waals surface area contributed by atoms with Gasteiger partial charge in [0, 0.05) is 31.3 Å². The number of nitrogens with zero attached hydrogens (tertiary/aromatic N) is 2. The molecular formula is C12H16ClN3O2. The molecule has 2 N–H and O–H groups in total. The van der Waals surface area contributed by atoms with Crippen molar-refractivity contribution in [3.05, 3.63) is 33.3 Å². The fourth-order valence-corrected chi connectivity index (χ4v) is 2.48. The van der Waals surface area contributed by atoms with Crippen molar-refractivity contribution in [3.8, 4) is 0 Å². The fourth-order valence-electron chi connectivity index (χ4n) is 2.18. The van der Waals surface area contributed by atoms with E-state index in [4.69, 9.17) is 17.3 Å². The van der Waals surface area contributed by atoms with Crippen molar-refractivity contribution in [1.82, 2.24) is 0 Å². The predicted molar refractivity (Wildman–Crippen MR) is 72.1 cm³/mol. The predicted octanol–water partition coefficient (Wildman–Crippen LogP) is 2.42. The average molecular weight is 270 g/mol. The van der Waals surface area contributed by atoms with E-state index in [2.05, 4.69) is 11.8 Å². The minimum absolute atomic E-state index is 0.0124. The summed E-state index contributed by atoms with van der Waals surface area (Å²) in [6.45, 7) is 3.75. The maximum absolute atomic E-state index is 10.6. The van der Waals surface area contributed by atoms with Crippen LogP contribution in [0.2, 0.25) is 5.02 Å². The number of hydrogen-bond donors (Lipinski definition) is 1. The van der Waals surface area contributed by atoms with Crippen molar-refractivity contribution in [1.29, 1.82) is 0 Å². The Morgan fingerprint density at radius 3 is 2.83 bits per heavy atom. The third kappa shape index (κ3) is 2.57. The highest BCUT2D eigenvalue weighted by atomic mass is 35.5. The summed E-state index contributed by atoms with van der Waals surface area (Å²) in [6.07, 6.45) is 1.01. The molecule has 98 valence electrons. The van der Waals surface area contributed by atoms with Gasteiger partial charge in [0.05, 0.1) is 15.6 Å². The lowest BCUT2D eigenvalue weighted by Gasteiger charge is -2.36. The van der Waals surface area contributed by atoms with E-state index in [1.807, 2.05) is 0 Å². The van der Waals surface area contributed by atoms with Crippen molar-refractivity contribution < 1.29 is 4.92 Å². The van der Waals surface area contributed by atoms with E-state index in [0.717, 1.165) is 25.2 Å². The summed E-state index contributed by atoms with van der Waals surface area (Å²) >= 11 is 6.10. The topological polar surface area (TPSA) is 72.4 Å². The van der Waals surface area contributed by atoms with Gasteiger partial charge in [0.15, 0.2) is 0 Å². The van der Waals surface area contributed by atoms with E-state index in [1.54, 1.807) is 6.07 Å². The minimum atomic E-state index is -0.445. The zero-order valence-corrected chi connectivity index (χ0v) is 10.9. The quantitative estimate of drug-likeness (QED) is 0.661. The molecule has 1 aromatic carbocycles. The van der Waals surface area contributed by atoms with Gasteiger partial charge in [0.25, 0.3) is 5.69 Å². The lowest BCUT2D eigenvalue weighted by molar-refractivity contribution is -0.384. The summed E-state index contributed by atoms with van der Waals surface area (Å²) in [7, 11) is 0. The van der Waals surface area contributed by atoms with E-state index >= 15 is 0 Å². The third-order valence-corrected chi connectivity index (χ3v) is 3.80. The number of anilines is 1. The van der Waals surface area contributed by atoms with E-state index in [1.165, 1.54) is 12.1 Å². The summed E-state index contributed by atoms with van der Waals surface area (Å²) in [4.78, 5) is 12.3. The molecule has 0 aromatic heterocycles. The van der Waals surface area contributed by atoms with Crippen LogP contribution in [0.3, 0.4) is 0 Å². The number of halogens is 1. The van der Waals surface area contributed by atoms with E-state index in [0.29, 0.717) is 10.9 Å². The van der Waals surface area contributed by atoms with Crippen LogP contribution in [0, 0.1) is 16.0 Å². The monoisotopic (exact) mass is 269 g/mol. The number of nitro groups is 1. The first-order chi connectivity index (χ1) is 8.49. The second kappa shape index (κ2) is 5.12. The van der Waals surface area contributed by atoms with Gasteiger partial charge >= 0.3 is 0 Å². The number of hydrogen-bond acceptors (Lipinski definition) is 4. The van der Waals surface area contributed by atoms with Gasteiger partial charge in [-0.05, 0) is 18.4 Å². The van der Waals surface area contributed by atoms with Crippen molar-refractivity contribution in [2.24, 2.45) is 11.7 Å². The summed E-state index contributed by atoms with van der Waals surface area (Å²) in [6, 6.07) is 4.68. The van der Waals surface area contributed by atoms with Crippen molar-refractivity contribution in [3.63, 3.8) is 0 Å². The van der Waals surface area contributed by atoms with Crippen molar-refractivity contribution >= 4 is 23.0 Å². The van der Waals surface area contributed by atoms with Crippen LogP contribution in [0.4, 0.5) is 11.4 Å². The first-order valence-electron chi connectivity index (χ1n) is 5.93. The van der Waals surface area contributed by atoms with E-state index < -0.39 is 4.92 Å². The van der Waals surface area contributed by atoms with Gasteiger partial charge in [-0.1, -0.05) is 18.5 Å². The molecule has 1 heterocycles. The Bertz CT molecular complexity index is 467. The van der Waals surface area contributed by atoms with Gasteiger partial charge in [-0.2, -0.15) is 0 Å². The molecule has 1 saturated heterocycles. The largest absolute Gasteiger partial charge is 0.369 e. The fraction of sp³-hybridized carbons (Fsp3) is 0.500. The Balaban J connectivity index is 2.21. The Labute approximate surface area is 111 Å². The maximum Gasteiger partial charge on any atom is 0.271 e. The second-order valence-electron chi connectivity index (χ2n) is 4.77. The summed E-state index contributed by atoms with van der Waals surface area (Å²) in [5.41, 5.74) is 6.88. The molecule has 0 saturated carbocycles. The molecule has 0 bridgehead atoms. The third-order valence-electron chi connectivity index (χ3n) is 3.50. The van der Waals surface area contributed by atoms with Gasteiger partial charge in [-0.25, -0.2) is 0 Å². The van der Waals surface area contributed by atoms with E-state index in [9.17, 15) is 10.1 Å². The van der Waals surface area contributed by atoms with Gasteiger partial charge in [-0.15, -0.1) is 0 Å². The van der Waals surface area contributed by atoms with Gasteiger partial charge in [0.1, 0.15) is 0 Å². The average Bonchev–Trinajstić information content (AvgIpc) is 2.32. The number of nitrogens with two attached hydrogens (primary N) is 1. The highest BCUT2D eigenvalue weighted by Crippen LogP contribution is 2.32. The summed E-state index contributed by atoms with van der Waals surface area (Å²) in [5, 5.41) is 11.1. The first-order valence-corrected chi connectivity index (χ1v) is 6.31. The highest BCUT2D eigenvalue weighted by Gasteiger charge is 2.25. The van der Waals surface area contributed by atoms with Crippen molar-refractivity contribution in [2.45, 2.75) is 19.4 Å². The Hall–Kier alpha value is -1.33. The molecule has 1 aromatic rings. The second-order valence-corrected chi connectivity index (χ2v) is 5.18. The van der Waals surface area contributed by atoms with E-state index in [-0.39, 0.29) is 11.7 Å². The molecule has 2 unspecified atom stereocenters. The molecule has 0 amide bonds. The van der Waals surface area contributed by atoms with Crippen LogP contribution in [0.1, 0.15) is 13.3 Å². The van der Waals surface area contributed by atoms with Crippen LogP contribution in [0.25, 0.3) is 0 Å². The molecule has 1 aliphatic heterocycles. The standard InChI is InChI=1S/C12H16ClN3O2/c1-8-4-5-15(7-11(8)14)12-3-2-9(16(17)18)6-10(12)13/h2-3,6,8,11H,4-5,7,14H2,1H3. The van der Waals surface area contributed by atoms with Crippen LogP contribution in [0.15, 0.2) is 18.2 Å². The SMILES string of the molecule is CC1CCN(c2ccc([N+](=O)[O-])cc2Cl)CC1N. The van der Waals surface area contributed by atoms with Gasteiger partial charge in [-0.3, -0.25) is 10.1 Å². The van der Waals surface area contributed by atoms with Crippen LogP contribution >= 0.6 is 11.6 Å². The number of non-ortho nitro benzene ring substituents is 1. The zero-order chi connectivity index (χ0) is 13.3. The molecule has 0 aliphatic carbocycles. The Kier molecular flexibility index (Phi) is 3.73. The summed E-state index contributed by atoms with van der Waals surface area (Å²) in [5.74, 6) is 0.498. The molecule has 5 nitrogen and oxygen atoms in total. The lowest BCUT2D eigenvalue weighted by atomic mass is 9.94. The molecule has 2 rings (SSSR count). The molecular weight excluding hydrogens is 254 g/mol. The smallest absolute Gasteiger partial charge is 0.271 e. The molecule has 2 atom stereocenters. The lowest BCUT2D eigenvalue weighted by Crippen LogP contribution is -2.47. The molecule has 1 aliphatic rings. The van der Waals surface area contributed by atoms with Gasteiger partial charge < -0.3 is 10.6 Å². The molecule has 18 heavy (non-hydrogen) atoms. The van der Waals surface area contributed by atoms with Crippen LogP contribution < -0.4 is 10.6 Å². The normalized spacial score (nSPS) is 24.1. The molecule has 1 fully saturated rings. The molecule has 0 spiro atoms.